The van der Waals surface area contributed by atoms with Crippen molar-refractivity contribution >= 4 is 23.4 Å². The van der Waals surface area contributed by atoms with E-state index in [0.29, 0.717) is 37.7 Å². The molecule has 0 saturated carbocycles. The number of hydrogen-bond donors (Lipinski definition) is 0. The molecule has 0 N–H and O–H groups in total. The van der Waals surface area contributed by atoms with Gasteiger partial charge in [0.1, 0.15) is 5.82 Å². The van der Waals surface area contributed by atoms with Gasteiger partial charge in [-0.3, -0.25) is 9.36 Å². The fourth-order valence-corrected chi connectivity index (χ4v) is 4.89. The van der Waals surface area contributed by atoms with Crippen LogP contribution in [0, 0.1) is 5.82 Å². The van der Waals surface area contributed by atoms with Crippen molar-refractivity contribution in [1.29, 1.82) is 0 Å². The number of allylic oxidation sites excluding steroid dienone is 1. The molecule has 4 rings (SSSR count). The molecule has 3 aromatic rings. The van der Waals surface area contributed by atoms with Gasteiger partial charge in [0.25, 0.3) is 5.56 Å². The minimum absolute atomic E-state index is 0.184. The van der Waals surface area contributed by atoms with Crippen molar-refractivity contribution < 1.29 is 23.4 Å². The molecule has 1 aliphatic rings. The number of rotatable bonds is 6. The zero-order valence-corrected chi connectivity index (χ0v) is 19.9. The third kappa shape index (κ3) is 4.26. The quantitative estimate of drug-likeness (QED) is 0.505. The Hall–Kier alpha value is -3.72. The summed E-state index contributed by atoms with van der Waals surface area (Å²) < 4.78 is 31.3. The molecule has 2 heterocycles. The average molecular weight is 483 g/mol. The molecule has 0 spiro atoms. The largest absolute Gasteiger partial charge is 0.493 e. The number of carbonyl (C=O) groups excluding carboxylic acids is 1. The summed E-state index contributed by atoms with van der Waals surface area (Å²) in [6.07, 6.45) is 1.68. The highest BCUT2D eigenvalue weighted by Gasteiger charge is 2.33. The van der Waals surface area contributed by atoms with Gasteiger partial charge in [0.15, 0.2) is 16.3 Å². The van der Waals surface area contributed by atoms with Gasteiger partial charge < -0.3 is 14.2 Å². The van der Waals surface area contributed by atoms with E-state index < -0.39 is 12.0 Å². The van der Waals surface area contributed by atoms with Gasteiger partial charge in [-0.2, -0.15) is 0 Å². The molecule has 0 aliphatic carbocycles. The number of thiazole rings is 1. The molecule has 0 amide bonds. The Morgan fingerprint density at radius 1 is 1.15 bits per heavy atom. The first-order valence-electron chi connectivity index (χ1n) is 10.5. The van der Waals surface area contributed by atoms with Gasteiger partial charge in [0.05, 0.1) is 42.7 Å². The number of carbonyl (C=O) groups is 1. The molecule has 1 aliphatic heterocycles. The van der Waals surface area contributed by atoms with Crippen LogP contribution in [0.25, 0.3) is 6.08 Å². The SMILES string of the molecule is CCOC(=O)C1=C(C)N=c2sc(=Cc3ccc(F)cc3)c(=O)n2[C@H]1c1ccc(OC)c(OC)c1. The van der Waals surface area contributed by atoms with Crippen LogP contribution in [0.1, 0.15) is 31.0 Å². The molecule has 0 fully saturated rings. The molecule has 7 nitrogen and oxygen atoms in total. The van der Waals surface area contributed by atoms with Crippen LogP contribution in [0.5, 0.6) is 11.5 Å². The highest BCUT2D eigenvalue weighted by Crippen LogP contribution is 2.36. The van der Waals surface area contributed by atoms with Crippen LogP contribution < -0.4 is 24.4 Å². The number of benzene rings is 2. The number of nitrogens with zero attached hydrogens (tertiary/aromatic N) is 2. The molecule has 176 valence electrons. The summed E-state index contributed by atoms with van der Waals surface area (Å²) >= 11 is 1.20. The fraction of sp³-hybridized carbons (Fsp3) is 0.240. The maximum atomic E-state index is 13.6. The third-order valence-electron chi connectivity index (χ3n) is 5.41. The van der Waals surface area contributed by atoms with E-state index >= 15 is 0 Å². The summed E-state index contributed by atoms with van der Waals surface area (Å²) in [5, 5.41) is 0. The van der Waals surface area contributed by atoms with Crippen molar-refractivity contribution in [2.24, 2.45) is 4.99 Å². The van der Waals surface area contributed by atoms with E-state index in [0.717, 1.165) is 0 Å². The first-order valence-corrected chi connectivity index (χ1v) is 11.4. The fourth-order valence-electron chi connectivity index (χ4n) is 3.84. The van der Waals surface area contributed by atoms with Crippen molar-refractivity contribution in [1.82, 2.24) is 4.57 Å². The lowest BCUT2D eigenvalue weighted by molar-refractivity contribution is -0.139. The maximum Gasteiger partial charge on any atom is 0.338 e. The highest BCUT2D eigenvalue weighted by molar-refractivity contribution is 7.07. The van der Waals surface area contributed by atoms with E-state index in [9.17, 15) is 14.0 Å². The van der Waals surface area contributed by atoms with Gasteiger partial charge in [0, 0.05) is 0 Å². The van der Waals surface area contributed by atoms with Crippen LogP contribution in [-0.4, -0.2) is 31.4 Å². The Bertz CT molecular complexity index is 1450. The van der Waals surface area contributed by atoms with E-state index in [1.807, 2.05) is 0 Å². The van der Waals surface area contributed by atoms with Crippen LogP contribution in [0.3, 0.4) is 0 Å². The zero-order valence-electron chi connectivity index (χ0n) is 19.1. The van der Waals surface area contributed by atoms with Crippen LogP contribution >= 0.6 is 11.3 Å². The summed E-state index contributed by atoms with van der Waals surface area (Å²) in [6, 6.07) is 10.3. The van der Waals surface area contributed by atoms with Crippen LogP contribution in [0.15, 0.2) is 63.5 Å². The van der Waals surface area contributed by atoms with Crippen molar-refractivity contribution in [2.75, 3.05) is 20.8 Å². The standard InChI is InChI=1S/C25H23FN2O5S/c1-5-33-24(30)21-14(2)27-25-28(22(21)16-8-11-18(31-3)19(13-16)32-4)23(29)20(34-25)12-15-6-9-17(26)10-7-15/h6-13,22H,5H2,1-4H3/t22-/m0/s1. The summed E-state index contributed by atoms with van der Waals surface area (Å²) in [7, 11) is 3.05. The molecular formula is C25H23FN2O5S. The molecular weight excluding hydrogens is 459 g/mol. The Kier molecular flexibility index (Phi) is 6.65. The topological polar surface area (TPSA) is 79.1 Å². The van der Waals surface area contributed by atoms with Crippen molar-refractivity contribution in [3.63, 3.8) is 0 Å². The molecule has 0 radical (unpaired) electrons. The van der Waals surface area contributed by atoms with Crippen LogP contribution in [0.4, 0.5) is 4.39 Å². The Morgan fingerprint density at radius 3 is 2.50 bits per heavy atom. The molecule has 1 aromatic heterocycles. The Morgan fingerprint density at radius 2 is 1.85 bits per heavy atom. The van der Waals surface area contributed by atoms with Crippen molar-refractivity contribution in [3.05, 3.63) is 90.4 Å². The monoisotopic (exact) mass is 482 g/mol. The lowest BCUT2D eigenvalue weighted by Gasteiger charge is -2.25. The molecule has 1 atom stereocenters. The first kappa shape index (κ1) is 23.4. The zero-order chi connectivity index (χ0) is 24.4. The first-order chi connectivity index (χ1) is 16.4. The maximum absolute atomic E-state index is 13.6. The van der Waals surface area contributed by atoms with Gasteiger partial charge in [0.2, 0.25) is 0 Å². The molecule has 34 heavy (non-hydrogen) atoms. The predicted octanol–water partition coefficient (Wildman–Crippen LogP) is 2.95. The number of halogens is 1. The molecule has 0 saturated heterocycles. The summed E-state index contributed by atoms with van der Waals surface area (Å²) in [5.41, 5.74) is 1.74. The van der Waals surface area contributed by atoms with Crippen LogP contribution in [-0.2, 0) is 9.53 Å². The summed E-state index contributed by atoms with van der Waals surface area (Å²) in [6.45, 7) is 3.62. The number of fused-ring (bicyclic) bond motifs is 1. The van der Waals surface area contributed by atoms with Gasteiger partial charge in [-0.25, -0.2) is 14.2 Å². The second-order valence-electron chi connectivity index (χ2n) is 7.47. The number of esters is 1. The lowest BCUT2D eigenvalue weighted by Crippen LogP contribution is -2.39. The normalized spacial score (nSPS) is 15.6. The molecule has 2 aromatic carbocycles. The van der Waals surface area contributed by atoms with Gasteiger partial charge in [-0.15, -0.1) is 0 Å². The Labute approximate surface area is 199 Å². The third-order valence-corrected chi connectivity index (χ3v) is 6.39. The van der Waals surface area contributed by atoms with E-state index in [-0.39, 0.29) is 23.6 Å². The smallest absolute Gasteiger partial charge is 0.338 e. The minimum atomic E-state index is -0.773. The number of hydrogen-bond acceptors (Lipinski definition) is 7. The van der Waals surface area contributed by atoms with E-state index in [4.69, 9.17) is 14.2 Å². The van der Waals surface area contributed by atoms with Gasteiger partial charge in [-0.1, -0.05) is 29.5 Å². The highest BCUT2D eigenvalue weighted by atomic mass is 32.1. The van der Waals surface area contributed by atoms with Crippen molar-refractivity contribution in [3.8, 4) is 11.5 Å². The number of ether oxygens (including phenoxy) is 3. The van der Waals surface area contributed by atoms with Gasteiger partial charge in [-0.05, 0) is 55.3 Å². The van der Waals surface area contributed by atoms with Gasteiger partial charge >= 0.3 is 5.97 Å². The van der Waals surface area contributed by atoms with Crippen molar-refractivity contribution in [2.45, 2.75) is 19.9 Å². The average Bonchev–Trinajstić information content (AvgIpc) is 3.13. The van der Waals surface area contributed by atoms with Crippen LogP contribution in [0.2, 0.25) is 0 Å². The number of methoxy groups -OCH3 is 2. The van der Waals surface area contributed by atoms with E-state index in [1.54, 1.807) is 50.3 Å². The summed E-state index contributed by atoms with van der Waals surface area (Å²) in [4.78, 5) is 31.5. The number of aromatic nitrogens is 1. The molecule has 9 heteroatoms. The molecule has 0 bridgehead atoms. The molecule has 0 unspecified atom stereocenters. The van der Waals surface area contributed by atoms with E-state index in [2.05, 4.69) is 4.99 Å². The second kappa shape index (κ2) is 9.64. The predicted molar refractivity (Wildman–Crippen MR) is 126 cm³/mol. The summed E-state index contributed by atoms with van der Waals surface area (Å²) in [5.74, 6) is 0.0813. The van der Waals surface area contributed by atoms with E-state index in [1.165, 1.54) is 42.3 Å². The second-order valence-corrected chi connectivity index (χ2v) is 8.48. The Balaban J connectivity index is 1.96. The lowest BCUT2D eigenvalue weighted by atomic mass is 9.95. The minimum Gasteiger partial charge on any atom is -0.493 e.